The molecular formula is C14H16N2O3S2. The van der Waals surface area contributed by atoms with Crippen molar-refractivity contribution in [3.63, 3.8) is 0 Å². The molecule has 112 valence electrons. The molecule has 0 heterocycles. The predicted octanol–water partition coefficient (Wildman–Crippen LogP) is 2.24. The topological polar surface area (TPSA) is 90.2 Å². The Balaban J connectivity index is 2.82. The zero-order valence-corrected chi connectivity index (χ0v) is 13.2. The number of carbonyl (C=O) groups excluding carboxylic acids is 1. The second kappa shape index (κ2) is 9.32. The summed E-state index contributed by atoms with van der Waals surface area (Å²) in [5.74, 6) is -0.578. The first kappa shape index (κ1) is 17.4. The van der Waals surface area contributed by atoms with Gasteiger partial charge in [0.05, 0.1) is 17.4 Å². The molecule has 1 aromatic rings. The lowest BCUT2D eigenvalue weighted by Gasteiger charge is -2.15. The first-order chi connectivity index (χ1) is 10.1. The third-order valence-corrected chi connectivity index (χ3v) is 4.22. The van der Waals surface area contributed by atoms with Crippen molar-refractivity contribution in [3.8, 4) is 6.07 Å². The molecule has 0 unspecified atom stereocenters. The van der Waals surface area contributed by atoms with Crippen LogP contribution in [-0.4, -0.2) is 40.8 Å². The quantitative estimate of drug-likeness (QED) is 0.713. The molecule has 5 nitrogen and oxygen atoms in total. The van der Waals surface area contributed by atoms with Crippen LogP contribution < -0.4 is 5.32 Å². The molecule has 0 aliphatic heterocycles. The van der Waals surface area contributed by atoms with Crippen molar-refractivity contribution in [2.24, 2.45) is 0 Å². The minimum atomic E-state index is -1.04. The molecule has 1 amide bonds. The van der Waals surface area contributed by atoms with Gasteiger partial charge in [-0.1, -0.05) is 12.1 Å². The number of hydrogen-bond donors (Lipinski definition) is 2. The summed E-state index contributed by atoms with van der Waals surface area (Å²) in [4.78, 5) is 24.1. The lowest BCUT2D eigenvalue weighted by Crippen LogP contribution is -2.41. The van der Waals surface area contributed by atoms with Crippen LogP contribution in [-0.2, 0) is 4.79 Å². The summed E-state index contributed by atoms with van der Waals surface area (Å²) >= 11 is 2.78. The van der Waals surface area contributed by atoms with Crippen molar-refractivity contribution in [3.05, 3.63) is 29.8 Å². The molecule has 0 aliphatic carbocycles. The van der Waals surface area contributed by atoms with Gasteiger partial charge in [-0.15, -0.1) is 11.8 Å². The number of aliphatic carboxylic acids is 1. The van der Waals surface area contributed by atoms with Crippen LogP contribution in [0.25, 0.3) is 0 Å². The molecule has 0 bridgehead atoms. The van der Waals surface area contributed by atoms with E-state index in [2.05, 4.69) is 5.32 Å². The van der Waals surface area contributed by atoms with E-state index in [1.807, 2.05) is 12.3 Å². The zero-order chi connectivity index (χ0) is 15.7. The molecule has 21 heavy (non-hydrogen) atoms. The first-order valence-electron chi connectivity index (χ1n) is 6.21. The molecule has 0 radical (unpaired) electrons. The molecule has 0 aliphatic rings. The molecule has 1 atom stereocenters. The van der Waals surface area contributed by atoms with Gasteiger partial charge in [-0.25, -0.2) is 4.79 Å². The number of carboxylic acid groups (broad SMARTS) is 1. The van der Waals surface area contributed by atoms with E-state index < -0.39 is 17.9 Å². The van der Waals surface area contributed by atoms with Crippen LogP contribution in [0.1, 0.15) is 16.8 Å². The number of nitriles is 1. The third kappa shape index (κ3) is 5.69. The molecule has 0 spiro atoms. The summed E-state index contributed by atoms with van der Waals surface area (Å²) < 4.78 is 0. The van der Waals surface area contributed by atoms with Gasteiger partial charge in [0.15, 0.2) is 0 Å². The molecule has 1 aromatic carbocycles. The highest BCUT2D eigenvalue weighted by atomic mass is 32.2. The van der Waals surface area contributed by atoms with Crippen molar-refractivity contribution in [1.82, 2.24) is 5.32 Å². The first-order valence-corrected chi connectivity index (χ1v) is 8.59. The number of thioether (sulfide) groups is 2. The summed E-state index contributed by atoms with van der Waals surface area (Å²) in [5.41, 5.74) is 0.396. The second-order valence-corrected chi connectivity index (χ2v) is 6.09. The smallest absolute Gasteiger partial charge is 0.326 e. The van der Waals surface area contributed by atoms with Crippen molar-refractivity contribution >= 4 is 35.4 Å². The Morgan fingerprint density at radius 1 is 1.43 bits per heavy atom. The third-order valence-electron chi connectivity index (χ3n) is 2.64. The lowest BCUT2D eigenvalue weighted by molar-refractivity contribution is -0.139. The average Bonchev–Trinajstić information content (AvgIpc) is 2.49. The van der Waals surface area contributed by atoms with E-state index in [-0.39, 0.29) is 5.75 Å². The Hall–Kier alpha value is -1.65. The number of rotatable bonds is 8. The van der Waals surface area contributed by atoms with E-state index in [0.717, 1.165) is 0 Å². The summed E-state index contributed by atoms with van der Waals surface area (Å²) in [6.07, 6.45) is 2.25. The second-order valence-electron chi connectivity index (χ2n) is 4.09. The highest BCUT2D eigenvalue weighted by Gasteiger charge is 2.21. The van der Waals surface area contributed by atoms with E-state index >= 15 is 0 Å². The largest absolute Gasteiger partial charge is 0.480 e. The van der Waals surface area contributed by atoms with E-state index in [1.165, 1.54) is 23.5 Å². The molecule has 0 saturated heterocycles. The summed E-state index contributed by atoms with van der Waals surface area (Å²) in [6.45, 7) is 0. The molecule has 0 aromatic heterocycles. The van der Waals surface area contributed by atoms with Gasteiger partial charge >= 0.3 is 5.97 Å². The van der Waals surface area contributed by atoms with E-state index in [1.54, 1.807) is 24.3 Å². The Morgan fingerprint density at radius 3 is 2.76 bits per heavy atom. The number of amides is 1. The van der Waals surface area contributed by atoms with E-state index in [4.69, 9.17) is 10.4 Å². The van der Waals surface area contributed by atoms with Crippen LogP contribution in [0.3, 0.4) is 0 Å². The van der Waals surface area contributed by atoms with Gasteiger partial charge in [-0.05, 0) is 30.6 Å². The van der Waals surface area contributed by atoms with Crippen LogP contribution in [0.15, 0.2) is 29.2 Å². The molecular weight excluding hydrogens is 308 g/mol. The van der Waals surface area contributed by atoms with E-state index in [9.17, 15) is 9.59 Å². The molecule has 0 fully saturated rings. The van der Waals surface area contributed by atoms with Crippen LogP contribution in [0, 0.1) is 11.3 Å². The monoisotopic (exact) mass is 324 g/mol. The fourth-order valence-corrected chi connectivity index (χ4v) is 2.80. The van der Waals surface area contributed by atoms with Gasteiger partial charge in [0.25, 0.3) is 5.91 Å². The number of carboxylic acids is 1. The standard InChI is InChI=1S/C14H16N2O3S2/c1-20-8-6-11(14(18)19)16-13(17)10-4-2-3-5-12(10)21-9-7-15/h2-5,11H,6,8-9H2,1H3,(H,16,17)(H,18,19)/t11-/m1/s1. The number of benzene rings is 1. The Kier molecular flexibility index (Phi) is 7.72. The fraction of sp³-hybridized carbons (Fsp3) is 0.357. The minimum Gasteiger partial charge on any atom is -0.480 e. The highest BCUT2D eigenvalue weighted by Crippen LogP contribution is 2.22. The number of nitrogens with one attached hydrogen (secondary N) is 1. The summed E-state index contributed by atoms with van der Waals surface area (Å²) in [5, 5.41) is 20.3. The molecule has 1 rings (SSSR count). The van der Waals surface area contributed by atoms with Gasteiger partial charge < -0.3 is 10.4 Å². The summed E-state index contributed by atoms with van der Waals surface area (Å²) in [7, 11) is 0. The van der Waals surface area contributed by atoms with Crippen LogP contribution in [0.4, 0.5) is 0 Å². The number of carbonyl (C=O) groups is 2. The Morgan fingerprint density at radius 2 is 2.14 bits per heavy atom. The van der Waals surface area contributed by atoms with Crippen molar-refractivity contribution < 1.29 is 14.7 Å². The maximum atomic E-state index is 12.2. The Labute approximate surface area is 132 Å². The van der Waals surface area contributed by atoms with Gasteiger partial charge in [0.2, 0.25) is 0 Å². The fourth-order valence-electron chi connectivity index (χ4n) is 1.62. The van der Waals surface area contributed by atoms with Gasteiger partial charge in [0.1, 0.15) is 6.04 Å². The normalized spacial score (nSPS) is 11.4. The van der Waals surface area contributed by atoms with Gasteiger partial charge in [0, 0.05) is 4.90 Å². The molecule has 7 heteroatoms. The predicted molar refractivity (Wildman–Crippen MR) is 84.7 cm³/mol. The van der Waals surface area contributed by atoms with Gasteiger partial charge in [-0.3, -0.25) is 4.79 Å². The van der Waals surface area contributed by atoms with Crippen LogP contribution in [0.5, 0.6) is 0 Å². The molecule has 0 saturated carbocycles. The van der Waals surface area contributed by atoms with Crippen molar-refractivity contribution in [2.45, 2.75) is 17.4 Å². The van der Waals surface area contributed by atoms with Crippen molar-refractivity contribution in [2.75, 3.05) is 17.8 Å². The zero-order valence-electron chi connectivity index (χ0n) is 11.5. The lowest BCUT2D eigenvalue weighted by atomic mass is 10.1. The number of nitrogens with zero attached hydrogens (tertiary/aromatic N) is 1. The SMILES string of the molecule is CSCC[C@@H](NC(=O)c1ccccc1SCC#N)C(=O)O. The van der Waals surface area contributed by atoms with Crippen LogP contribution >= 0.6 is 23.5 Å². The van der Waals surface area contributed by atoms with E-state index in [0.29, 0.717) is 22.6 Å². The highest BCUT2D eigenvalue weighted by molar-refractivity contribution is 7.99. The Bertz CT molecular complexity index is 543. The number of hydrogen-bond acceptors (Lipinski definition) is 5. The average molecular weight is 324 g/mol. The maximum absolute atomic E-state index is 12.2. The summed E-state index contributed by atoms with van der Waals surface area (Å²) in [6, 6.07) is 7.96. The maximum Gasteiger partial charge on any atom is 0.326 e. The van der Waals surface area contributed by atoms with Crippen LogP contribution in [0.2, 0.25) is 0 Å². The van der Waals surface area contributed by atoms with Gasteiger partial charge in [-0.2, -0.15) is 17.0 Å². The minimum absolute atomic E-state index is 0.235. The van der Waals surface area contributed by atoms with Crippen molar-refractivity contribution in [1.29, 1.82) is 5.26 Å². The molecule has 2 N–H and O–H groups in total.